The zero-order chi connectivity index (χ0) is 16.6. The molecule has 1 saturated carbocycles. The lowest BCUT2D eigenvalue weighted by Crippen LogP contribution is -2.43. The Labute approximate surface area is 138 Å². The fraction of sp³-hybridized carbons (Fsp3) is 0.588. The third-order valence-electron chi connectivity index (χ3n) is 4.94. The summed E-state index contributed by atoms with van der Waals surface area (Å²) in [5.41, 5.74) is 1.03. The molecule has 1 heterocycles. The third-order valence-corrected chi connectivity index (χ3v) is 6.85. The molecule has 3 rings (SSSR count). The highest BCUT2D eigenvalue weighted by Gasteiger charge is 2.42. The maximum absolute atomic E-state index is 13.0. The van der Waals surface area contributed by atoms with Crippen molar-refractivity contribution in [2.45, 2.75) is 62.9 Å². The van der Waals surface area contributed by atoms with Crippen molar-refractivity contribution in [3.05, 3.63) is 29.8 Å². The Morgan fingerprint density at radius 3 is 2.30 bits per heavy atom. The maximum Gasteiger partial charge on any atom is 0.266 e. The zero-order valence-corrected chi connectivity index (χ0v) is 14.6. The summed E-state index contributed by atoms with van der Waals surface area (Å²) < 4.78 is 27.2. The van der Waals surface area contributed by atoms with E-state index in [1.165, 1.54) is 23.6 Å². The van der Waals surface area contributed by atoms with Gasteiger partial charge in [-0.1, -0.05) is 37.0 Å². The van der Waals surface area contributed by atoms with E-state index >= 15 is 0 Å². The SMILES string of the molecule is Cc1ccc(S(=O)(=O)N2C(=N)N(C3CCCCC3)CC2C)cc1. The number of sulfonamides is 1. The van der Waals surface area contributed by atoms with Gasteiger partial charge in [-0.25, -0.2) is 12.7 Å². The molecule has 126 valence electrons. The lowest BCUT2D eigenvalue weighted by atomic mass is 9.94. The van der Waals surface area contributed by atoms with Crippen LogP contribution in [0.1, 0.15) is 44.6 Å². The summed E-state index contributed by atoms with van der Waals surface area (Å²) in [5, 5.41) is 8.45. The summed E-state index contributed by atoms with van der Waals surface area (Å²) in [6.07, 6.45) is 5.72. The van der Waals surface area contributed by atoms with E-state index in [0.29, 0.717) is 12.6 Å². The molecule has 0 spiro atoms. The van der Waals surface area contributed by atoms with E-state index < -0.39 is 10.0 Å². The van der Waals surface area contributed by atoms with Crippen molar-refractivity contribution in [2.75, 3.05) is 6.54 Å². The second-order valence-corrected chi connectivity index (χ2v) is 8.55. The Hall–Kier alpha value is -1.56. The van der Waals surface area contributed by atoms with Gasteiger partial charge < -0.3 is 4.90 Å². The molecule has 2 aliphatic rings. The highest BCUT2D eigenvalue weighted by molar-refractivity contribution is 7.89. The van der Waals surface area contributed by atoms with Crippen molar-refractivity contribution in [1.82, 2.24) is 9.21 Å². The topological polar surface area (TPSA) is 64.5 Å². The fourth-order valence-corrected chi connectivity index (χ4v) is 5.25. The van der Waals surface area contributed by atoms with E-state index in [9.17, 15) is 8.42 Å². The van der Waals surface area contributed by atoms with Crippen molar-refractivity contribution >= 4 is 16.0 Å². The molecule has 2 fully saturated rings. The fourth-order valence-electron chi connectivity index (χ4n) is 3.67. The quantitative estimate of drug-likeness (QED) is 0.923. The van der Waals surface area contributed by atoms with Gasteiger partial charge in [0.2, 0.25) is 5.96 Å². The number of guanidine groups is 1. The summed E-state index contributed by atoms with van der Waals surface area (Å²) >= 11 is 0. The minimum absolute atomic E-state index is 0.143. The summed E-state index contributed by atoms with van der Waals surface area (Å²) in [5.74, 6) is 0.143. The van der Waals surface area contributed by atoms with E-state index in [1.807, 2.05) is 18.7 Å². The standard InChI is InChI=1S/C17H25N3O2S/c1-13-8-10-16(11-9-13)23(21,22)20-14(2)12-19(17(20)18)15-6-4-3-5-7-15/h8-11,14-15,18H,3-7,12H2,1-2H3. The number of hydrogen-bond donors (Lipinski definition) is 1. The second-order valence-electron chi connectivity index (χ2n) is 6.73. The number of aryl methyl sites for hydroxylation is 1. The van der Waals surface area contributed by atoms with Gasteiger partial charge in [0.25, 0.3) is 10.0 Å². The van der Waals surface area contributed by atoms with Gasteiger partial charge in [-0.2, -0.15) is 0 Å². The summed E-state index contributed by atoms with van der Waals surface area (Å²) in [4.78, 5) is 2.26. The monoisotopic (exact) mass is 335 g/mol. The number of rotatable bonds is 3. The molecule has 1 atom stereocenters. The lowest BCUT2D eigenvalue weighted by Gasteiger charge is -2.32. The molecule has 1 aliphatic heterocycles. The molecule has 1 aromatic rings. The zero-order valence-electron chi connectivity index (χ0n) is 13.8. The number of nitrogens with one attached hydrogen (secondary N) is 1. The molecule has 0 amide bonds. The van der Waals surface area contributed by atoms with Crippen LogP contribution in [0.5, 0.6) is 0 Å². The molecule has 6 heteroatoms. The van der Waals surface area contributed by atoms with Crippen molar-refractivity contribution in [3.8, 4) is 0 Å². The van der Waals surface area contributed by atoms with Gasteiger partial charge in [-0.15, -0.1) is 0 Å². The minimum Gasteiger partial charge on any atom is -0.337 e. The molecular weight excluding hydrogens is 310 g/mol. The molecule has 1 aromatic carbocycles. The Bertz CT molecular complexity index is 678. The largest absolute Gasteiger partial charge is 0.337 e. The third kappa shape index (κ3) is 2.96. The molecular formula is C17H25N3O2S. The van der Waals surface area contributed by atoms with Gasteiger partial charge in [0, 0.05) is 12.6 Å². The van der Waals surface area contributed by atoms with Crippen molar-refractivity contribution in [1.29, 1.82) is 5.41 Å². The van der Waals surface area contributed by atoms with E-state index in [-0.39, 0.29) is 16.9 Å². The van der Waals surface area contributed by atoms with Gasteiger partial charge >= 0.3 is 0 Å². The first-order valence-corrected chi connectivity index (χ1v) is 9.81. The predicted octanol–water partition coefficient (Wildman–Crippen LogP) is 2.96. The average Bonchev–Trinajstić information content (AvgIpc) is 2.84. The van der Waals surface area contributed by atoms with E-state index in [0.717, 1.165) is 18.4 Å². The van der Waals surface area contributed by atoms with E-state index in [1.54, 1.807) is 24.3 Å². The predicted molar refractivity (Wildman–Crippen MR) is 91.0 cm³/mol. The summed E-state index contributed by atoms with van der Waals surface area (Å²) in [6.45, 7) is 4.44. The van der Waals surface area contributed by atoms with E-state index in [2.05, 4.69) is 0 Å². The molecule has 23 heavy (non-hydrogen) atoms. The van der Waals surface area contributed by atoms with Crippen molar-refractivity contribution in [2.24, 2.45) is 0 Å². The smallest absolute Gasteiger partial charge is 0.266 e. The normalized spacial score (nSPS) is 23.6. The molecule has 1 N–H and O–H groups in total. The Morgan fingerprint density at radius 2 is 1.70 bits per heavy atom. The van der Waals surface area contributed by atoms with Crippen molar-refractivity contribution < 1.29 is 8.42 Å². The van der Waals surface area contributed by atoms with Crippen LogP contribution >= 0.6 is 0 Å². The average molecular weight is 335 g/mol. The van der Waals surface area contributed by atoms with Gasteiger partial charge in [-0.3, -0.25) is 5.41 Å². The molecule has 0 radical (unpaired) electrons. The van der Waals surface area contributed by atoms with Crippen LogP contribution in [0.3, 0.4) is 0 Å². The van der Waals surface area contributed by atoms with Crippen LogP contribution < -0.4 is 0 Å². The Kier molecular flexibility index (Phi) is 4.36. The molecule has 5 nitrogen and oxygen atoms in total. The first-order valence-electron chi connectivity index (χ1n) is 8.37. The Balaban J connectivity index is 1.87. The number of benzene rings is 1. The molecule has 0 bridgehead atoms. The first-order chi connectivity index (χ1) is 10.9. The highest BCUT2D eigenvalue weighted by atomic mass is 32.2. The van der Waals surface area contributed by atoms with Gasteiger partial charge in [0.1, 0.15) is 0 Å². The number of nitrogens with zero attached hydrogens (tertiary/aromatic N) is 2. The maximum atomic E-state index is 13.0. The van der Waals surface area contributed by atoms with E-state index in [4.69, 9.17) is 5.41 Å². The van der Waals surface area contributed by atoms with Crippen LogP contribution in [-0.4, -0.2) is 42.2 Å². The summed E-state index contributed by atoms with van der Waals surface area (Å²) in [6, 6.07) is 6.99. The first kappa shape index (κ1) is 16.3. The van der Waals surface area contributed by atoms with Crippen LogP contribution in [0.2, 0.25) is 0 Å². The van der Waals surface area contributed by atoms with Crippen molar-refractivity contribution in [3.63, 3.8) is 0 Å². The van der Waals surface area contributed by atoms with Gasteiger partial charge in [0.05, 0.1) is 10.9 Å². The van der Waals surface area contributed by atoms with Gasteiger partial charge in [-0.05, 0) is 38.8 Å². The highest BCUT2D eigenvalue weighted by Crippen LogP contribution is 2.30. The Morgan fingerprint density at radius 1 is 1.09 bits per heavy atom. The second kappa shape index (κ2) is 6.15. The van der Waals surface area contributed by atoms with Crippen LogP contribution in [0.15, 0.2) is 29.2 Å². The van der Waals surface area contributed by atoms with Crippen LogP contribution in [-0.2, 0) is 10.0 Å². The van der Waals surface area contributed by atoms with Crippen LogP contribution in [0.25, 0.3) is 0 Å². The lowest BCUT2D eigenvalue weighted by molar-refractivity contribution is 0.254. The number of hydrogen-bond acceptors (Lipinski definition) is 3. The summed E-state index contributed by atoms with van der Waals surface area (Å²) in [7, 11) is -3.66. The van der Waals surface area contributed by atoms with Crippen LogP contribution in [0, 0.1) is 12.3 Å². The molecule has 1 aliphatic carbocycles. The molecule has 0 aromatic heterocycles. The minimum atomic E-state index is -3.66. The molecule has 1 saturated heterocycles. The van der Waals surface area contributed by atoms with Gasteiger partial charge in [0.15, 0.2) is 0 Å². The van der Waals surface area contributed by atoms with Crippen LogP contribution in [0.4, 0.5) is 0 Å². The molecule has 1 unspecified atom stereocenters.